The average Bonchev–Trinajstić information content (AvgIpc) is 3.31. The second kappa shape index (κ2) is 10.8. The zero-order valence-corrected chi connectivity index (χ0v) is 21.2. The first-order chi connectivity index (χ1) is 18.4. The lowest BCUT2D eigenvalue weighted by Crippen LogP contribution is -2.59. The molecule has 2 fully saturated rings. The van der Waals surface area contributed by atoms with Crippen molar-refractivity contribution >= 4 is 17.7 Å². The van der Waals surface area contributed by atoms with E-state index in [2.05, 4.69) is 5.32 Å². The molecule has 8 heteroatoms. The minimum Gasteiger partial charge on any atom is -0.353 e. The number of rotatable bonds is 5. The molecule has 0 radical (unpaired) electrons. The Morgan fingerprint density at radius 3 is 2.26 bits per heavy atom. The van der Waals surface area contributed by atoms with Gasteiger partial charge in [0.05, 0.1) is 12.2 Å². The molecule has 196 valence electrons. The number of piperidine rings is 1. The van der Waals surface area contributed by atoms with E-state index < -0.39 is 23.5 Å². The first kappa shape index (κ1) is 25.6. The molecule has 3 amide bonds. The summed E-state index contributed by atoms with van der Waals surface area (Å²) < 4.78 is 20.5. The summed E-state index contributed by atoms with van der Waals surface area (Å²) in [6, 6.07) is 21.9. The predicted octanol–water partition coefficient (Wildman–Crippen LogP) is 3.92. The maximum absolute atomic E-state index is 14.2. The number of nitrogens with one attached hydrogen (secondary N) is 1. The van der Waals surface area contributed by atoms with Gasteiger partial charge in [-0.05, 0) is 36.8 Å². The van der Waals surface area contributed by atoms with Gasteiger partial charge in [-0.25, -0.2) is 4.39 Å². The highest BCUT2D eigenvalue weighted by Crippen LogP contribution is 2.39. The van der Waals surface area contributed by atoms with E-state index in [0.29, 0.717) is 24.9 Å². The smallest absolute Gasteiger partial charge is 0.256 e. The van der Waals surface area contributed by atoms with Crippen molar-refractivity contribution in [3.63, 3.8) is 0 Å². The fraction of sp³-hybridized carbons (Fsp3) is 0.300. The molecule has 3 aromatic carbocycles. The molecule has 0 bridgehead atoms. The van der Waals surface area contributed by atoms with E-state index in [-0.39, 0.29) is 37.1 Å². The Hall–Kier alpha value is -4.04. The van der Waals surface area contributed by atoms with E-state index in [9.17, 15) is 18.8 Å². The number of likely N-dealkylation sites (tertiary alicyclic amines) is 1. The van der Waals surface area contributed by atoms with E-state index >= 15 is 0 Å². The van der Waals surface area contributed by atoms with Crippen LogP contribution in [0.4, 0.5) is 4.39 Å². The lowest BCUT2D eigenvalue weighted by atomic mass is 9.96. The minimum absolute atomic E-state index is 0.0153. The quantitative estimate of drug-likeness (QED) is 0.559. The summed E-state index contributed by atoms with van der Waals surface area (Å²) in [6.07, 6.45) is 0.626. The zero-order chi connectivity index (χ0) is 26.7. The van der Waals surface area contributed by atoms with Crippen LogP contribution in [-0.2, 0) is 16.1 Å². The first-order valence-electron chi connectivity index (χ1n) is 12.8. The molecule has 3 aromatic rings. The maximum atomic E-state index is 14.2. The SMILES string of the molecule is Cc1ccc(C(=O)N2[C@@H](C(=O)NCc3ccccc3)COC23CCN(C(=O)c2ccccc2F)CC3)cc1. The van der Waals surface area contributed by atoms with E-state index in [0.717, 1.165) is 11.1 Å². The van der Waals surface area contributed by atoms with Crippen molar-refractivity contribution in [2.24, 2.45) is 0 Å². The van der Waals surface area contributed by atoms with Crippen molar-refractivity contribution in [3.05, 3.63) is 107 Å². The molecule has 2 heterocycles. The molecule has 5 rings (SSSR count). The second-order valence-electron chi connectivity index (χ2n) is 9.79. The highest BCUT2D eigenvalue weighted by molar-refractivity contribution is 5.98. The fourth-order valence-electron chi connectivity index (χ4n) is 5.17. The average molecular weight is 516 g/mol. The summed E-state index contributed by atoms with van der Waals surface area (Å²) in [7, 11) is 0. The van der Waals surface area contributed by atoms with Crippen LogP contribution in [0.1, 0.15) is 44.7 Å². The van der Waals surface area contributed by atoms with E-state index in [4.69, 9.17) is 4.74 Å². The van der Waals surface area contributed by atoms with E-state index in [1.165, 1.54) is 12.1 Å². The van der Waals surface area contributed by atoms with Crippen molar-refractivity contribution in [1.29, 1.82) is 0 Å². The predicted molar refractivity (Wildman–Crippen MR) is 140 cm³/mol. The third-order valence-corrected chi connectivity index (χ3v) is 7.33. The molecule has 2 saturated heterocycles. The van der Waals surface area contributed by atoms with Gasteiger partial charge in [0.25, 0.3) is 11.8 Å². The van der Waals surface area contributed by atoms with Crippen LogP contribution < -0.4 is 5.32 Å². The number of benzene rings is 3. The molecule has 1 N–H and O–H groups in total. The normalized spacial score (nSPS) is 18.4. The van der Waals surface area contributed by atoms with Gasteiger partial charge in [-0.3, -0.25) is 19.3 Å². The lowest BCUT2D eigenvalue weighted by molar-refractivity contribution is -0.128. The third kappa shape index (κ3) is 5.04. The van der Waals surface area contributed by atoms with E-state index in [1.54, 1.807) is 34.1 Å². The highest BCUT2D eigenvalue weighted by Gasteiger charge is 2.54. The summed E-state index contributed by atoms with van der Waals surface area (Å²) in [4.78, 5) is 43.3. The van der Waals surface area contributed by atoms with Gasteiger partial charge in [-0.15, -0.1) is 0 Å². The number of hydrogen-bond acceptors (Lipinski definition) is 4. The van der Waals surface area contributed by atoms with Crippen LogP contribution in [0.25, 0.3) is 0 Å². The molecule has 0 aliphatic carbocycles. The van der Waals surface area contributed by atoms with Gasteiger partial charge >= 0.3 is 0 Å². The molecule has 38 heavy (non-hydrogen) atoms. The zero-order valence-electron chi connectivity index (χ0n) is 21.2. The number of halogens is 1. The van der Waals surface area contributed by atoms with Gasteiger partial charge in [0.1, 0.15) is 17.6 Å². The molecular formula is C30H30FN3O4. The summed E-state index contributed by atoms with van der Waals surface area (Å²) in [5.74, 6) is -1.56. The van der Waals surface area contributed by atoms with Gasteiger partial charge < -0.3 is 15.0 Å². The molecule has 2 aliphatic heterocycles. The Labute approximate surface area is 221 Å². The number of carbonyl (C=O) groups excluding carboxylic acids is 3. The molecule has 7 nitrogen and oxygen atoms in total. The van der Waals surface area contributed by atoms with E-state index in [1.807, 2.05) is 49.4 Å². The van der Waals surface area contributed by atoms with Crippen LogP contribution in [0.3, 0.4) is 0 Å². The van der Waals surface area contributed by atoms with Gasteiger partial charge in [0.15, 0.2) is 0 Å². The Morgan fingerprint density at radius 1 is 0.921 bits per heavy atom. The lowest BCUT2D eigenvalue weighted by Gasteiger charge is -2.44. The first-order valence-corrected chi connectivity index (χ1v) is 12.8. The van der Waals surface area contributed by atoms with Crippen molar-refractivity contribution in [3.8, 4) is 0 Å². The highest BCUT2D eigenvalue weighted by atomic mass is 19.1. The van der Waals surface area contributed by atoms with Crippen molar-refractivity contribution < 1.29 is 23.5 Å². The number of carbonyl (C=O) groups is 3. The van der Waals surface area contributed by atoms with Crippen LogP contribution in [-0.4, -0.2) is 59.0 Å². The maximum Gasteiger partial charge on any atom is 0.256 e. The van der Waals surface area contributed by atoms with Gasteiger partial charge in [0.2, 0.25) is 5.91 Å². The van der Waals surface area contributed by atoms with Gasteiger partial charge in [0, 0.05) is 38.0 Å². The van der Waals surface area contributed by atoms with Gasteiger partial charge in [-0.2, -0.15) is 0 Å². The minimum atomic E-state index is -1.04. The molecule has 1 spiro atoms. The van der Waals surface area contributed by atoms with Crippen molar-refractivity contribution in [1.82, 2.24) is 15.1 Å². The Bertz CT molecular complexity index is 1320. The fourth-order valence-corrected chi connectivity index (χ4v) is 5.17. The number of amides is 3. The molecular weight excluding hydrogens is 485 g/mol. The largest absolute Gasteiger partial charge is 0.353 e. The number of aryl methyl sites for hydroxylation is 1. The molecule has 0 saturated carbocycles. The monoisotopic (exact) mass is 515 g/mol. The van der Waals surface area contributed by atoms with Crippen molar-refractivity contribution in [2.75, 3.05) is 19.7 Å². The summed E-state index contributed by atoms with van der Waals surface area (Å²) in [6.45, 7) is 2.86. The van der Waals surface area contributed by atoms with Crippen LogP contribution in [0, 0.1) is 12.7 Å². The topological polar surface area (TPSA) is 79.0 Å². The van der Waals surface area contributed by atoms with Crippen LogP contribution in [0.5, 0.6) is 0 Å². The molecule has 2 aliphatic rings. The number of nitrogens with zero attached hydrogens (tertiary/aromatic N) is 2. The Kier molecular flexibility index (Phi) is 7.24. The number of hydrogen-bond donors (Lipinski definition) is 1. The molecule has 1 atom stereocenters. The third-order valence-electron chi connectivity index (χ3n) is 7.33. The Balaban J connectivity index is 1.37. The second-order valence-corrected chi connectivity index (χ2v) is 9.79. The summed E-state index contributed by atoms with van der Waals surface area (Å²) >= 11 is 0. The summed E-state index contributed by atoms with van der Waals surface area (Å²) in [5.41, 5.74) is 1.41. The van der Waals surface area contributed by atoms with Crippen LogP contribution in [0.15, 0.2) is 78.9 Å². The Morgan fingerprint density at radius 2 is 1.58 bits per heavy atom. The number of ether oxygens (including phenoxy) is 1. The van der Waals surface area contributed by atoms with Crippen LogP contribution in [0.2, 0.25) is 0 Å². The van der Waals surface area contributed by atoms with Crippen molar-refractivity contribution in [2.45, 2.75) is 38.1 Å². The molecule has 0 aromatic heterocycles. The molecule has 0 unspecified atom stereocenters. The van der Waals surface area contributed by atoms with Gasteiger partial charge in [-0.1, -0.05) is 60.2 Å². The van der Waals surface area contributed by atoms with Crippen LogP contribution >= 0.6 is 0 Å². The summed E-state index contributed by atoms with van der Waals surface area (Å²) in [5, 5.41) is 2.94. The standard InChI is InChI=1S/C30H30FN3O4/c1-21-11-13-23(14-12-21)28(36)34-26(27(35)32-19-22-7-3-2-4-8-22)20-38-30(34)15-17-33(18-16-30)29(37)24-9-5-6-10-25(24)31/h2-14,26H,15-20H2,1H3,(H,32,35)/t26-/m1/s1.